The molecule has 0 aliphatic carbocycles. The summed E-state index contributed by atoms with van der Waals surface area (Å²) in [6.45, 7) is 5.48. The molecule has 1 nitrogen and oxygen atoms in total. The van der Waals surface area contributed by atoms with Crippen LogP contribution in [-0.2, 0) is 4.74 Å². The summed E-state index contributed by atoms with van der Waals surface area (Å²) >= 11 is 0. The summed E-state index contributed by atoms with van der Waals surface area (Å²) in [5.41, 5.74) is 0. The molecule has 0 aromatic rings. The Hall–Kier alpha value is -0.370. The van der Waals surface area contributed by atoms with Crippen LogP contribution in [0.1, 0.15) is 6.92 Å². The molecule has 0 saturated heterocycles. The minimum atomic E-state index is -0.866. The fraction of sp³-hybridized carbons (Fsp3) is 0.667. The van der Waals surface area contributed by atoms with E-state index < -0.39 is 6.17 Å². The molecule has 0 rings (SSSR count). The Balaban J connectivity index is 2.81. The van der Waals surface area contributed by atoms with Crippen LogP contribution < -0.4 is 0 Å². The van der Waals surface area contributed by atoms with Gasteiger partial charge in [-0.05, 0) is 6.92 Å². The molecule has 0 fully saturated rings. The van der Waals surface area contributed by atoms with Crippen LogP contribution >= 0.6 is 0 Å². The van der Waals surface area contributed by atoms with Crippen molar-refractivity contribution < 1.29 is 9.13 Å². The van der Waals surface area contributed by atoms with E-state index in [4.69, 9.17) is 4.74 Å². The maximum absolute atomic E-state index is 11.9. The Bertz CT molecular complexity index is 61.5. The summed E-state index contributed by atoms with van der Waals surface area (Å²) in [6, 6.07) is 0. The van der Waals surface area contributed by atoms with E-state index >= 15 is 0 Å². The molecule has 0 heterocycles. The van der Waals surface area contributed by atoms with Crippen molar-refractivity contribution in [3.05, 3.63) is 12.7 Å². The van der Waals surface area contributed by atoms with E-state index in [2.05, 4.69) is 6.58 Å². The van der Waals surface area contributed by atoms with Crippen molar-refractivity contribution >= 4 is 0 Å². The van der Waals surface area contributed by atoms with Crippen LogP contribution in [0.15, 0.2) is 12.7 Å². The molecule has 0 radical (unpaired) electrons. The van der Waals surface area contributed by atoms with Crippen LogP contribution in [0.25, 0.3) is 0 Å². The minimum Gasteiger partial charge on any atom is -0.374 e. The number of rotatable bonds is 4. The number of ether oxygens (including phenoxy) is 1. The molecular weight excluding hydrogens is 107 g/mol. The molecule has 0 aliphatic heterocycles. The Morgan fingerprint density at radius 1 is 1.88 bits per heavy atom. The lowest BCUT2D eigenvalue weighted by Crippen LogP contribution is -2.04. The third kappa shape index (κ3) is 5.63. The Labute approximate surface area is 49.2 Å². The van der Waals surface area contributed by atoms with Crippen LogP contribution in [0, 0.1) is 0 Å². The van der Waals surface area contributed by atoms with Crippen LogP contribution in [0.3, 0.4) is 0 Å². The van der Waals surface area contributed by atoms with E-state index in [9.17, 15) is 4.39 Å². The molecule has 0 aromatic heterocycles. The molecule has 1 atom stereocenters. The highest BCUT2D eigenvalue weighted by Gasteiger charge is 1.93. The summed E-state index contributed by atoms with van der Waals surface area (Å²) < 4.78 is 16.6. The summed E-state index contributed by atoms with van der Waals surface area (Å²) in [5, 5.41) is 0. The van der Waals surface area contributed by atoms with Crippen LogP contribution in [0.4, 0.5) is 4.39 Å². The van der Waals surface area contributed by atoms with Crippen molar-refractivity contribution in [1.82, 2.24) is 0 Å². The van der Waals surface area contributed by atoms with Crippen LogP contribution in [0.5, 0.6) is 0 Å². The lowest BCUT2D eigenvalue weighted by molar-refractivity contribution is 0.108. The average molecular weight is 118 g/mol. The smallest absolute Gasteiger partial charge is 0.121 e. The first-order valence-corrected chi connectivity index (χ1v) is 2.60. The normalized spacial score (nSPS) is 13.2. The number of alkyl halides is 1. The summed E-state index contributed by atoms with van der Waals surface area (Å²) in [7, 11) is 0. The first kappa shape index (κ1) is 7.63. The topological polar surface area (TPSA) is 9.23 Å². The first-order chi connectivity index (χ1) is 3.77. The van der Waals surface area contributed by atoms with Gasteiger partial charge in [-0.1, -0.05) is 6.08 Å². The van der Waals surface area contributed by atoms with Gasteiger partial charge in [0.2, 0.25) is 0 Å². The molecule has 0 aliphatic rings. The van der Waals surface area contributed by atoms with Crippen molar-refractivity contribution in [2.24, 2.45) is 0 Å². The van der Waals surface area contributed by atoms with Gasteiger partial charge < -0.3 is 4.74 Å². The Morgan fingerprint density at radius 3 is 2.88 bits per heavy atom. The van der Waals surface area contributed by atoms with E-state index in [-0.39, 0.29) is 6.61 Å². The second-order valence-corrected chi connectivity index (χ2v) is 1.61. The standard InChI is InChI=1S/C6H11FO/c1-3-4-8-5-6(2)7/h3,6H,1,4-5H2,2H3. The fourth-order valence-corrected chi connectivity index (χ4v) is 0.314. The molecule has 0 bridgehead atoms. The second-order valence-electron chi connectivity index (χ2n) is 1.61. The predicted molar refractivity (Wildman–Crippen MR) is 31.6 cm³/mol. The van der Waals surface area contributed by atoms with Crippen molar-refractivity contribution in [2.75, 3.05) is 13.2 Å². The van der Waals surface area contributed by atoms with E-state index in [1.807, 2.05) is 0 Å². The zero-order chi connectivity index (χ0) is 6.41. The Morgan fingerprint density at radius 2 is 2.50 bits per heavy atom. The van der Waals surface area contributed by atoms with E-state index in [1.54, 1.807) is 6.08 Å². The summed E-state index contributed by atoms with van der Waals surface area (Å²) in [6.07, 6.45) is 0.734. The number of halogens is 1. The third-order valence-electron chi connectivity index (χ3n) is 0.583. The second kappa shape index (κ2) is 4.78. The van der Waals surface area contributed by atoms with Crippen LogP contribution in [-0.4, -0.2) is 19.4 Å². The van der Waals surface area contributed by atoms with Gasteiger partial charge in [0.25, 0.3) is 0 Å². The molecule has 48 valence electrons. The highest BCUT2D eigenvalue weighted by Crippen LogP contribution is 1.87. The molecule has 0 aromatic carbocycles. The lowest BCUT2D eigenvalue weighted by Gasteiger charge is -1.99. The monoisotopic (exact) mass is 118 g/mol. The van der Waals surface area contributed by atoms with Gasteiger partial charge in [0.15, 0.2) is 0 Å². The zero-order valence-electron chi connectivity index (χ0n) is 5.06. The van der Waals surface area contributed by atoms with Gasteiger partial charge in [-0.15, -0.1) is 6.58 Å². The van der Waals surface area contributed by atoms with E-state index in [1.165, 1.54) is 6.92 Å². The molecule has 1 unspecified atom stereocenters. The minimum absolute atomic E-state index is 0.173. The molecule has 2 heteroatoms. The average Bonchev–Trinajstić information content (AvgIpc) is 1.66. The fourth-order valence-electron chi connectivity index (χ4n) is 0.314. The largest absolute Gasteiger partial charge is 0.374 e. The summed E-state index contributed by atoms with van der Waals surface area (Å²) in [4.78, 5) is 0. The van der Waals surface area contributed by atoms with Crippen molar-refractivity contribution in [1.29, 1.82) is 0 Å². The lowest BCUT2D eigenvalue weighted by atomic mass is 10.5. The summed E-state index contributed by atoms with van der Waals surface area (Å²) in [5.74, 6) is 0. The quantitative estimate of drug-likeness (QED) is 0.402. The van der Waals surface area contributed by atoms with Gasteiger partial charge in [-0.2, -0.15) is 0 Å². The first-order valence-electron chi connectivity index (χ1n) is 2.60. The molecule has 0 saturated carbocycles. The molecular formula is C6H11FO. The highest BCUT2D eigenvalue weighted by molar-refractivity contribution is 4.63. The van der Waals surface area contributed by atoms with Gasteiger partial charge in [-0.25, -0.2) is 4.39 Å². The maximum Gasteiger partial charge on any atom is 0.121 e. The third-order valence-corrected chi connectivity index (χ3v) is 0.583. The van der Waals surface area contributed by atoms with Crippen LogP contribution in [0.2, 0.25) is 0 Å². The van der Waals surface area contributed by atoms with Gasteiger partial charge in [0.05, 0.1) is 13.2 Å². The van der Waals surface area contributed by atoms with Crippen molar-refractivity contribution in [3.63, 3.8) is 0 Å². The van der Waals surface area contributed by atoms with Gasteiger partial charge in [0.1, 0.15) is 6.17 Å². The molecule has 0 N–H and O–H groups in total. The Kier molecular flexibility index (Phi) is 4.56. The van der Waals surface area contributed by atoms with E-state index in [0.29, 0.717) is 6.61 Å². The van der Waals surface area contributed by atoms with Gasteiger partial charge >= 0.3 is 0 Å². The highest BCUT2D eigenvalue weighted by atomic mass is 19.1. The number of hydrogen-bond acceptors (Lipinski definition) is 1. The molecule has 0 amide bonds. The number of hydrogen-bond donors (Lipinski definition) is 0. The van der Waals surface area contributed by atoms with Gasteiger partial charge in [-0.3, -0.25) is 0 Å². The predicted octanol–water partition coefficient (Wildman–Crippen LogP) is 1.55. The SMILES string of the molecule is C=CCOCC(C)F. The molecule has 0 spiro atoms. The van der Waals surface area contributed by atoms with E-state index in [0.717, 1.165) is 0 Å². The zero-order valence-corrected chi connectivity index (χ0v) is 5.06. The van der Waals surface area contributed by atoms with Crippen molar-refractivity contribution in [2.45, 2.75) is 13.1 Å². The van der Waals surface area contributed by atoms with Gasteiger partial charge in [0, 0.05) is 0 Å². The maximum atomic E-state index is 11.9. The molecule has 8 heavy (non-hydrogen) atoms. The van der Waals surface area contributed by atoms with Crippen molar-refractivity contribution in [3.8, 4) is 0 Å².